The summed E-state index contributed by atoms with van der Waals surface area (Å²) in [6.45, 7) is 1.15. The summed E-state index contributed by atoms with van der Waals surface area (Å²) in [4.78, 5) is 8.01. The van der Waals surface area contributed by atoms with Crippen molar-refractivity contribution in [2.45, 2.75) is 63.9 Å². The van der Waals surface area contributed by atoms with Crippen molar-refractivity contribution in [2.75, 3.05) is 16.9 Å². The van der Waals surface area contributed by atoms with Gasteiger partial charge in [0.25, 0.3) is 0 Å². The Morgan fingerprint density at radius 2 is 1.88 bits per heavy atom. The van der Waals surface area contributed by atoms with Crippen LogP contribution in [0, 0.1) is 0 Å². The molecule has 0 aromatic carbocycles. The van der Waals surface area contributed by atoms with Crippen LogP contribution in [0.3, 0.4) is 0 Å². The average molecular weight is 382 g/mol. The first kappa shape index (κ1) is 21.2. The Morgan fingerprint density at radius 1 is 1.25 bits per heavy atom. The predicted octanol–water partition coefficient (Wildman–Crippen LogP) is 5.19. The maximum atomic E-state index is 12.0. The van der Waals surface area contributed by atoms with Crippen molar-refractivity contribution in [1.29, 1.82) is 0 Å². The van der Waals surface area contributed by atoms with Crippen LogP contribution in [-0.4, -0.2) is 39.5 Å². The topological polar surface area (TPSA) is 47.0 Å². The number of thioether (sulfide) groups is 1. The van der Waals surface area contributed by atoms with Gasteiger partial charge in [-0.3, -0.25) is 0 Å². The molecule has 0 aliphatic heterocycles. The van der Waals surface area contributed by atoms with E-state index >= 15 is 0 Å². The van der Waals surface area contributed by atoms with Crippen LogP contribution in [0.1, 0.15) is 46.0 Å². The third kappa shape index (κ3) is 8.33. The third-order valence-corrected chi connectivity index (χ3v) is 5.23. The van der Waals surface area contributed by atoms with Gasteiger partial charge in [-0.25, -0.2) is 9.97 Å². The molecule has 1 aliphatic carbocycles. The minimum Gasteiger partial charge on any atom is -0.432 e. The zero-order valence-corrected chi connectivity index (χ0v) is 15.8. The summed E-state index contributed by atoms with van der Waals surface area (Å²) in [6.07, 6.45) is 8.04. The van der Waals surface area contributed by atoms with E-state index in [1.807, 2.05) is 25.6 Å². The largest absolute Gasteiger partial charge is 0.432 e. The minimum atomic E-state index is -2.85. The monoisotopic (exact) mass is 381 g/mol. The number of ether oxygens (including phenoxy) is 1. The van der Waals surface area contributed by atoms with E-state index in [4.69, 9.17) is 11.6 Å². The number of rotatable bonds is 8. The van der Waals surface area contributed by atoms with Crippen LogP contribution in [0.5, 0.6) is 5.75 Å². The Balaban J connectivity index is 0.00000139. The molecule has 0 atom stereocenters. The van der Waals surface area contributed by atoms with Gasteiger partial charge in [0.05, 0.1) is 12.4 Å². The molecule has 1 saturated carbocycles. The average Bonchev–Trinajstić information content (AvgIpc) is 2.60. The predicted molar refractivity (Wildman–Crippen MR) is 97.5 cm³/mol. The molecule has 1 N–H and O–H groups in total. The molecule has 0 unspecified atom stereocenters. The molecule has 2 rings (SSSR count). The Hall–Kier alpha value is -0.820. The molecule has 1 fully saturated rings. The fraction of sp³-hybridized carbons (Fsp3) is 0.750. The maximum absolute atomic E-state index is 12.0. The standard InChI is InChI=1S/C14H20ClF2N3OS.C2H6/c15-6-1-7-22-12-4-2-10(3-5-12)20-14-18-8-11(9-19-14)21-13(16)17;1-2/h8-10,12-13H,1-7H2,(H,18,19,20);1-2H3. The Kier molecular flexibility index (Phi) is 11.1. The fourth-order valence-corrected chi connectivity index (χ4v) is 3.96. The Labute approximate surface area is 152 Å². The van der Waals surface area contributed by atoms with Gasteiger partial charge in [0.2, 0.25) is 5.95 Å². The first-order valence-corrected chi connectivity index (χ1v) is 9.96. The number of nitrogens with zero attached hydrogens (tertiary/aromatic N) is 2. The number of halogens is 3. The van der Waals surface area contributed by atoms with E-state index < -0.39 is 6.61 Å². The van der Waals surface area contributed by atoms with E-state index in [1.54, 1.807) is 0 Å². The summed E-state index contributed by atoms with van der Waals surface area (Å²) in [5.74, 6) is 2.29. The summed E-state index contributed by atoms with van der Waals surface area (Å²) >= 11 is 7.69. The van der Waals surface area contributed by atoms with Gasteiger partial charge in [-0.05, 0) is 37.9 Å². The lowest BCUT2D eigenvalue weighted by molar-refractivity contribution is -0.0503. The molecule has 1 aromatic rings. The van der Waals surface area contributed by atoms with Gasteiger partial charge in [0, 0.05) is 17.2 Å². The Bertz CT molecular complexity index is 432. The van der Waals surface area contributed by atoms with Crippen molar-refractivity contribution >= 4 is 29.3 Å². The smallest absolute Gasteiger partial charge is 0.387 e. The van der Waals surface area contributed by atoms with Crippen LogP contribution < -0.4 is 10.1 Å². The second-order valence-corrected chi connectivity index (χ2v) is 6.94. The number of hydrogen-bond acceptors (Lipinski definition) is 5. The van der Waals surface area contributed by atoms with Crippen molar-refractivity contribution in [3.8, 4) is 5.75 Å². The van der Waals surface area contributed by atoms with Crippen LogP contribution in [0.15, 0.2) is 12.4 Å². The highest BCUT2D eigenvalue weighted by Crippen LogP contribution is 2.30. The SMILES string of the molecule is CC.FC(F)Oc1cnc(NC2CCC(SCCCCl)CC2)nc1. The first-order chi connectivity index (χ1) is 11.7. The molecule has 138 valence electrons. The normalized spacial score (nSPS) is 20.2. The molecule has 0 bridgehead atoms. The van der Waals surface area contributed by atoms with Crippen LogP contribution in [-0.2, 0) is 0 Å². The summed E-state index contributed by atoms with van der Waals surface area (Å²) in [7, 11) is 0. The summed E-state index contributed by atoms with van der Waals surface area (Å²) < 4.78 is 28.3. The van der Waals surface area contributed by atoms with E-state index in [1.165, 1.54) is 12.4 Å². The van der Waals surface area contributed by atoms with E-state index in [-0.39, 0.29) is 5.75 Å². The second kappa shape index (κ2) is 12.5. The highest BCUT2D eigenvalue weighted by molar-refractivity contribution is 7.99. The molecule has 0 radical (unpaired) electrons. The van der Waals surface area contributed by atoms with Gasteiger partial charge in [-0.15, -0.1) is 11.6 Å². The summed E-state index contributed by atoms with van der Waals surface area (Å²) in [5.41, 5.74) is 0. The first-order valence-electron chi connectivity index (χ1n) is 8.38. The van der Waals surface area contributed by atoms with Gasteiger partial charge in [-0.2, -0.15) is 20.5 Å². The maximum Gasteiger partial charge on any atom is 0.387 e. The lowest BCUT2D eigenvalue weighted by Crippen LogP contribution is -2.28. The zero-order valence-electron chi connectivity index (χ0n) is 14.2. The molecule has 0 spiro atoms. The van der Waals surface area contributed by atoms with Gasteiger partial charge in [-0.1, -0.05) is 13.8 Å². The van der Waals surface area contributed by atoms with E-state index in [0.29, 0.717) is 17.2 Å². The van der Waals surface area contributed by atoms with Crippen molar-refractivity contribution < 1.29 is 13.5 Å². The van der Waals surface area contributed by atoms with E-state index in [2.05, 4.69) is 20.0 Å². The summed E-state index contributed by atoms with van der Waals surface area (Å²) in [5, 5.41) is 3.97. The number of anilines is 1. The van der Waals surface area contributed by atoms with Crippen molar-refractivity contribution in [3.05, 3.63) is 12.4 Å². The molecular formula is C16H26ClF2N3OS. The molecular weight excluding hydrogens is 356 g/mol. The Morgan fingerprint density at radius 3 is 2.42 bits per heavy atom. The lowest BCUT2D eigenvalue weighted by Gasteiger charge is -2.28. The third-order valence-electron chi connectivity index (χ3n) is 3.49. The number of nitrogens with one attached hydrogen (secondary N) is 1. The van der Waals surface area contributed by atoms with Crippen molar-refractivity contribution in [1.82, 2.24) is 9.97 Å². The highest BCUT2D eigenvalue weighted by atomic mass is 35.5. The fourth-order valence-electron chi connectivity index (χ4n) is 2.42. The van der Waals surface area contributed by atoms with E-state index in [0.717, 1.165) is 43.7 Å². The van der Waals surface area contributed by atoms with Gasteiger partial charge >= 0.3 is 6.61 Å². The summed E-state index contributed by atoms with van der Waals surface area (Å²) in [6, 6.07) is 0.340. The molecule has 24 heavy (non-hydrogen) atoms. The van der Waals surface area contributed by atoms with E-state index in [9.17, 15) is 8.78 Å². The van der Waals surface area contributed by atoms with Crippen molar-refractivity contribution in [2.24, 2.45) is 0 Å². The molecule has 1 aromatic heterocycles. The van der Waals surface area contributed by atoms with Gasteiger partial charge < -0.3 is 10.1 Å². The lowest BCUT2D eigenvalue weighted by atomic mass is 9.95. The quantitative estimate of drug-likeness (QED) is 0.496. The second-order valence-electron chi connectivity index (χ2n) is 5.15. The van der Waals surface area contributed by atoms with Gasteiger partial charge in [0.15, 0.2) is 5.75 Å². The van der Waals surface area contributed by atoms with Crippen molar-refractivity contribution in [3.63, 3.8) is 0 Å². The van der Waals surface area contributed by atoms with Crippen LogP contribution in [0.2, 0.25) is 0 Å². The van der Waals surface area contributed by atoms with Crippen LogP contribution >= 0.6 is 23.4 Å². The number of alkyl halides is 3. The zero-order chi connectivity index (χ0) is 17.8. The molecule has 0 amide bonds. The van der Waals surface area contributed by atoms with Crippen LogP contribution in [0.4, 0.5) is 14.7 Å². The molecule has 4 nitrogen and oxygen atoms in total. The molecule has 8 heteroatoms. The molecule has 1 aliphatic rings. The van der Waals surface area contributed by atoms with Gasteiger partial charge in [0.1, 0.15) is 0 Å². The number of hydrogen-bond donors (Lipinski definition) is 1. The van der Waals surface area contributed by atoms with Crippen LogP contribution in [0.25, 0.3) is 0 Å². The number of aromatic nitrogens is 2. The molecule has 0 saturated heterocycles. The minimum absolute atomic E-state index is 0.0278. The highest BCUT2D eigenvalue weighted by Gasteiger charge is 2.21. The molecule has 1 heterocycles.